The lowest BCUT2D eigenvalue weighted by Gasteiger charge is -2.45. The number of amides is 1. The first-order valence-electron chi connectivity index (χ1n) is 11.4. The van der Waals surface area contributed by atoms with Gasteiger partial charge < -0.3 is 20.2 Å². The molecule has 8 nitrogen and oxygen atoms in total. The van der Waals surface area contributed by atoms with Crippen molar-refractivity contribution in [2.45, 2.75) is 64.6 Å². The van der Waals surface area contributed by atoms with Crippen LogP contribution in [-0.4, -0.2) is 48.4 Å². The predicted molar refractivity (Wildman–Crippen MR) is 127 cm³/mol. The van der Waals surface area contributed by atoms with E-state index in [0.717, 1.165) is 29.4 Å². The van der Waals surface area contributed by atoms with Crippen molar-refractivity contribution in [2.75, 3.05) is 5.32 Å². The zero-order chi connectivity index (χ0) is 24.0. The number of aromatic amines is 1. The maximum atomic E-state index is 13.1. The third kappa shape index (κ3) is 4.08. The first-order chi connectivity index (χ1) is 16.2. The van der Waals surface area contributed by atoms with Crippen LogP contribution in [0.1, 0.15) is 38.9 Å². The van der Waals surface area contributed by atoms with Crippen LogP contribution in [0, 0.1) is 6.92 Å². The lowest BCUT2D eigenvalue weighted by atomic mass is 9.74. The standard InChI is InChI=1S/C24H27F2N7O/c1-4-21(34)32-24(3)8-15(9-24)30-23-28-11-17-16(10-27-22(17)31-23)14-5-6-18-19(7-14)33(12-20(25)26)13(2)29-18/h5-7,10-11,15,20H,4,8-9,12H2,1-3H3,(H,32,34)(H2,27,28,30,31). The van der Waals surface area contributed by atoms with Gasteiger partial charge in [-0.2, -0.15) is 4.98 Å². The smallest absolute Gasteiger partial charge is 0.256 e. The molecule has 1 fully saturated rings. The summed E-state index contributed by atoms with van der Waals surface area (Å²) in [7, 11) is 0. The predicted octanol–water partition coefficient (Wildman–Crippen LogP) is 4.41. The molecule has 3 aromatic heterocycles. The Morgan fingerprint density at radius 1 is 1.32 bits per heavy atom. The number of aryl methyl sites for hydroxylation is 1. The Hall–Kier alpha value is -3.56. The summed E-state index contributed by atoms with van der Waals surface area (Å²) in [6, 6.07) is 5.84. The number of H-pyrrole nitrogens is 1. The van der Waals surface area contributed by atoms with Crippen LogP contribution in [0.15, 0.2) is 30.6 Å². The maximum Gasteiger partial charge on any atom is 0.256 e. The van der Waals surface area contributed by atoms with E-state index in [1.165, 1.54) is 0 Å². The van der Waals surface area contributed by atoms with E-state index in [-0.39, 0.29) is 24.0 Å². The molecule has 0 saturated heterocycles. The Morgan fingerprint density at radius 3 is 2.85 bits per heavy atom. The number of aromatic nitrogens is 5. The van der Waals surface area contributed by atoms with Gasteiger partial charge in [0.05, 0.1) is 17.6 Å². The number of carbonyl (C=O) groups is 1. The Labute approximate surface area is 195 Å². The zero-order valence-corrected chi connectivity index (χ0v) is 19.3. The minimum Gasteiger partial charge on any atom is -0.351 e. The highest BCUT2D eigenvalue weighted by Gasteiger charge is 2.41. The van der Waals surface area contributed by atoms with Gasteiger partial charge in [-0.3, -0.25) is 4.79 Å². The fraction of sp³-hybridized carbons (Fsp3) is 0.417. The van der Waals surface area contributed by atoms with Crippen molar-refractivity contribution in [1.82, 2.24) is 29.8 Å². The van der Waals surface area contributed by atoms with E-state index < -0.39 is 6.43 Å². The molecule has 0 aliphatic heterocycles. The van der Waals surface area contributed by atoms with E-state index in [0.29, 0.717) is 34.9 Å². The van der Waals surface area contributed by atoms with Gasteiger partial charge in [-0.15, -0.1) is 0 Å². The monoisotopic (exact) mass is 467 g/mol. The largest absolute Gasteiger partial charge is 0.351 e. The number of nitrogens with one attached hydrogen (secondary N) is 3. The minimum atomic E-state index is -2.45. The van der Waals surface area contributed by atoms with Crippen molar-refractivity contribution in [3.05, 3.63) is 36.4 Å². The number of benzene rings is 1. The van der Waals surface area contributed by atoms with Crippen molar-refractivity contribution in [1.29, 1.82) is 0 Å². The summed E-state index contributed by atoms with van der Waals surface area (Å²) in [5.41, 5.74) is 3.62. The fourth-order valence-electron chi connectivity index (χ4n) is 4.83. The molecule has 1 aliphatic rings. The Kier molecular flexibility index (Phi) is 5.45. The number of carbonyl (C=O) groups excluding carboxylic acids is 1. The van der Waals surface area contributed by atoms with E-state index in [9.17, 15) is 13.6 Å². The number of rotatable bonds is 7. The zero-order valence-electron chi connectivity index (χ0n) is 19.3. The normalized spacial score (nSPS) is 20.1. The molecule has 34 heavy (non-hydrogen) atoms. The number of imidazole rings is 1. The van der Waals surface area contributed by atoms with Gasteiger partial charge in [0, 0.05) is 41.3 Å². The van der Waals surface area contributed by atoms with Crippen molar-refractivity contribution in [3.8, 4) is 11.1 Å². The van der Waals surface area contributed by atoms with Gasteiger partial charge >= 0.3 is 0 Å². The van der Waals surface area contributed by atoms with Crippen LogP contribution in [0.5, 0.6) is 0 Å². The van der Waals surface area contributed by atoms with Crippen LogP contribution in [0.2, 0.25) is 0 Å². The molecule has 1 aromatic carbocycles. The average molecular weight is 468 g/mol. The van der Waals surface area contributed by atoms with E-state index in [1.807, 2.05) is 38.2 Å². The van der Waals surface area contributed by atoms with Crippen LogP contribution in [-0.2, 0) is 11.3 Å². The molecule has 1 aliphatic carbocycles. The van der Waals surface area contributed by atoms with Crippen LogP contribution < -0.4 is 10.6 Å². The van der Waals surface area contributed by atoms with Crippen molar-refractivity contribution in [3.63, 3.8) is 0 Å². The first kappa shape index (κ1) is 22.2. The summed E-state index contributed by atoms with van der Waals surface area (Å²) in [4.78, 5) is 28.4. The van der Waals surface area contributed by atoms with Crippen LogP contribution in [0.25, 0.3) is 33.2 Å². The molecule has 3 N–H and O–H groups in total. The number of hydrogen-bond donors (Lipinski definition) is 3. The summed E-state index contributed by atoms with van der Waals surface area (Å²) in [5.74, 6) is 1.14. The van der Waals surface area contributed by atoms with Gasteiger partial charge in [0.2, 0.25) is 11.9 Å². The average Bonchev–Trinajstić information content (AvgIpc) is 3.32. The molecule has 0 spiro atoms. The third-order valence-electron chi connectivity index (χ3n) is 6.49. The van der Waals surface area contributed by atoms with Crippen molar-refractivity contribution < 1.29 is 13.6 Å². The Morgan fingerprint density at radius 2 is 2.12 bits per heavy atom. The number of fused-ring (bicyclic) bond motifs is 2. The molecule has 0 unspecified atom stereocenters. The van der Waals surface area contributed by atoms with E-state index >= 15 is 0 Å². The molecule has 1 amide bonds. The number of nitrogens with zero attached hydrogens (tertiary/aromatic N) is 4. The quantitative estimate of drug-likeness (QED) is 0.374. The molecule has 0 bridgehead atoms. The molecule has 178 valence electrons. The summed E-state index contributed by atoms with van der Waals surface area (Å²) < 4.78 is 27.7. The molecular weight excluding hydrogens is 440 g/mol. The second-order valence-electron chi connectivity index (χ2n) is 9.23. The third-order valence-corrected chi connectivity index (χ3v) is 6.49. The van der Waals surface area contributed by atoms with Crippen LogP contribution in [0.4, 0.5) is 14.7 Å². The highest BCUT2D eigenvalue weighted by Crippen LogP contribution is 2.35. The molecule has 1 saturated carbocycles. The van der Waals surface area contributed by atoms with Gasteiger partial charge in [-0.1, -0.05) is 13.0 Å². The molecule has 5 rings (SSSR count). The van der Waals surface area contributed by atoms with Gasteiger partial charge in [0.1, 0.15) is 11.5 Å². The van der Waals surface area contributed by atoms with Gasteiger partial charge in [0.25, 0.3) is 6.43 Å². The lowest BCUT2D eigenvalue weighted by molar-refractivity contribution is -0.123. The second-order valence-corrected chi connectivity index (χ2v) is 9.23. The number of hydrogen-bond acceptors (Lipinski definition) is 5. The fourth-order valence-corrected chi connectivity index (χ4v) is 4.83. The SMILES string of the molecule is CCC(=O)NC1(C)CC(Nc2ncc3c(-c4ccc5nc(C)n(CC(F)F)c5c4)c[nH]c3n2)C1. The summed E-state index contributed by atoms with van der Waals surface area (Å²) in [6.07, 6.45) is 3.25. The molecule has 0 radical (unpaired) electrons. The first-order valence-corrected chi connectivity index (χ1v) is 11.4. The van der Waals surface area contributed by atoms with E-state index in [4.69, 9.17) is 0 Å². The topological polar surface area (TPSA) is 101 Å². The summed E-state index contributed by atoms with van der Waals surface area (Å²) in [5, 5.41) is 7.25. The van der Waals surface area contributed by atoms with Gasteiger partial charge in [-0.25, -0.2) is 18.7 Å². The van der Waals surface area contributed by atoms with Crippen molar-refractivity contribution >= 4 is 33.9 Å². The molecule has 0 atom stereocenters. The number of alkyl halides is 2. The Balaban J connectivity index is 1.36. The maximum absolute atomic E-state index is 13.1. The summed E-state index contributed by atoms with van der Waals surface area (Å²) >= 11 is 0. The highest BCUT2D eigenvalue weighted by atomic mass is 19.3. The van der Waals surface area contributed by atoms with Crippen molar-refractivity contribution in [2.24, 2.45) is 0 Å². The van der Waals surface area contributed by atoms with Crippen LogP contribution >= 0.6 is 0 Å². The lowest BCUT2D eigenvalue weighted by Crippen LogP contribution is -2.59. The number of anilines is 1. The van der Waals surface area contributed by atoms with E-state index in [2.05, 4.69) is 30.6 Å². The summed E-state index contributed by atoms with van der Waals surface area (Å²) in [6.45, 7) is 5.24. The van der Waals surface area contributed by atoms with Gasteiger partial charge in [-0.05, 0) is 44.4 Å². The Bertz CT molecular complexity index is 1370. The minimum absolute atomic E-state index is 0.0585. The molecular formula is C24H27F2N7O. The number of halogens is 2. The highest BCUT2D eigenvalue weighted by molar-refractivity contribution is 5.95. The van der Waals surface area contributed by atoms with E-state index in [1.54, 1.807) is 17.7 Å². The molecule has 10 heteroatoms. The molecule has 3 heterocycles. The molecule has 4 aromatic rings. The van der Waals surface area contributed by atoms with Gasteiger partial charge in [0.15, 0.2) is 0 Å². The second kappa shape index (κ2) is 8.34. The van der Waals surface area contributed by atoms with Crippen LogP contribution in [0.3, 0.4) is 0 Å².